The molecule has 200 valence electrons. The average molecular weight is 543 g/mol. The molecule has 0 aliphatic heterocycles. The Bertz CT molecular complexity index is 1350. The number of nitrogens with zero attached hydrogens (tertiary/aromatic N) is 1. The fourth-order valence-electron chi connectivity index (χ4n) is 4.23. The van der Waals surface area contributed by atoms with E-state index >= 15 is 0 Å². The van der Waals surface area contributed by atoms with Gasteiger partial charge in [0.05, 0.1) is 7.11 Å². The van der Waals surface area contributed by atoms with E-state index < -0.39 is 6.04 Å². The molecule has 0 aromatic heterocycles. The quantitative estimate of drug-likeness (QED) is 0.250. The lowest BCUT2D eigenvalue weighted by atomic mass is 10.0. The Morgan fingerprint density at radius 1 is 0.821 bits per heavy atom. The molecule has 0 saturated carbocycles. The normalized spacial score (nSPS) is 11.3. The number of ether oxygens (including phenoxy) is 2. The second-order valence-corrected chi connectivity index (χ2v) is 9.42. The van der Waals surface area contributed by atoms with Crippen molar-refractivity contribution in [2.24, 2.45) is 0 Å². The van der Waals surface area contributed by atoms with E-state index in [0.717, 1.165) is 16.7 Å². The largest absolute Gasteiger partial charge is 0.496 e. The standard InChI is InChI=1S/C32H31ClN2O4/c1-38-30-15-9-8-12-26(30)21-34-32(37)29(20-24-10-4-2-5-11-24)35(22-25-16-18-27(33)19-17-25)31(36)23-39-28-13-6-3-7-14-28/h2-19,29H,20-23H2,1H3,(H,34,37)/t29-/m1/s1. The smallest absolute Gasteiger partial charge is 0.261 e. The summed E-state index contributed by atoms with van der Waals surface area (Å²) in [6.07, 6.45) is 0.337. The number of para-hydroxylation sites is 2. The number of carbonyl (C=O) groups excluding carboxylic acids is 2. The monoisotopic (exact) mass is 542 g/mol. The van der Waals surface area contributed by atoms with E-state index in [1.165, 1.54) is 0 Å². The van der Waals surface area contributed by atoms with Crippen LogP contribution in [0, 0.1) is 0 Å². The van der Waals surface area contributed by atoms with Crippen LogP contribution in [0.4, 0.5) is 0 Å². The van der Waals surface area contributed by atoms with Crippen molar-refractivity contribution in [1.29, 1.82) is 0 Å². The maximum absolute atomic E-state index is 13.8. The molecule has 39 heavy (non-hydrogen) atoms. The Labute approximate surface area is 234 Å². The molecule has 0 heterocycles. The third kappa shape index (κ3) is 8.09. The van der Waals surface area contributed by atoms with Crippen LogP contribution in [-0.4, -0.2) is 36.5 Å². The van der Waals surface area contributed by atoms with Gasteiger partial charge in [-0.25, -0.2) is 0 Å². The summed E-state index contributed by atoms with van der Waals surface area (Å²) in [7, 11) is 1.60. The van der Waals surface area contributed by atoms with Crippen molar-refractivity contribution in [1.82, 2.24) is 10.2 Å². The van der Waals surface area contributed by atoms with E-state index in [0.29, 0.717) is 22.9 Å². The van der Waals surface area contributed by atoms with Crippen LogP contribution in [0.1, 0.15) is 16.7 Å². The van der Waals surface area contributed by atoms with Gasteiger partial charge in [0.15, 0.2) is 6.61 Å². The van der Waals surface area contributed by atoms with Crippen molar-refractivity contribution in [2.45, 2.75) is 25.6 Å². The number of halogens is 1. The molecule has 4 rings (SSSR count). The van der Waals surface area contributed by atoms with Gasteiger partial charge >= 0.3 is 0 Å². The summed E-state index contributed by atoms with van der Waals surface area (Å²) in [5, 5.41) is 3.62. The van der Waals surface area contributed by atoms with Gasteiger partial charge in [-0.15, -0.1) is 0 Å². The van der Waals surface area contributed by atoms with Crippen molar-refractivity contribution in [3.8, 4) is 11.5 Å². The third-order valence-electron chi connectivity index (χ3n) is 6.29. The van der Waals surface area contributed by atoms with Crippen molar-refractivity contribution in [2.75, 3.05) is 13.7 Å². The summed E-state index contributed by atoms with van der Waals surface area (Å²) < 4.78 is 11.2. The number of benzene rings is 4. The Hall–Kier alpha value is -4.29. The zero-order valence-electron chi connectivity index (χ0n) is 21.8. The molecule has 1 atom stereocenters. The highest BCUT2D eigenvalue weighted by Crippen LogP contribution is 2.20. The number of nitrogens with one attached hydrogen (secondary N) is 1. The van der Waals surface area contributed by atoms with Gasteiger partial charge in [-0.1, -0.05) is 90.5 Å². The van der Waals surface area contributed by atoms with E-state index in [2.05, 4.69) is 5.32 Å². The predicted molar refractivity (Wildman–Crippen MR) is 153 cm³/mol. The minimum Gasteiger partial charge on any atom is -0.496 e. The lowest BCUT2D eigenvalue weighted by Crippen LogP contribution is -2.51. The summed E-state index contributed by atoms with van der Waals surface area (Å²) >= 11 is 6.10. The Kier molecular flexibility index (Phi) is 9.98. The van der Waals surface area contributed by atoms with Gasteiger partial charge in [-0.2, -0.15) is 0 Å². The average Bonchev–Trinajstić information content (AvgIpc) is 2.98. The number of amides is 2. The van der Waals surface area contributed by atoms with Crippen molar-refractivity contribution in [3.05, 3.63) is 131 Å². The topological polar surface area (TPSA) is 67.9 Å². The summed E-state index contributed by atoms with van der Waals surface area (Å²) in [6.45, 7) is 0.272. The van der Waals surface area contributed by atoms with Crippen molar-refractivity contribution >= 4 is 23.4 Å². The van der Waals surface area contributed by atoms with Gasteiger partial charge in [-0.3, -0.25) is 9.59 Å². The van der Waals surface area contributed by atoms with Crippen LogP contribution in [0.25, 0.3) is 0 Å². The maximum atomic E-state index is 13.8. The van der Waals surface area contributed by atoms with Gasteiger partial charge in [0.2, 0.25) is 5.91 Å². The molecule has 0 bridgehead atoms. The zero-order valence-corrected chi connectivity index (χ0v) is 22.5. The van der Waals surface area contributed by atoms with E-state index in [-0.39, 0.29) is 31.5 Å². The first-order valence-corrected chi connectivity index (χ1v) is 13.1. The first-order chi connectivity index (χ1) is 19.0. The highest BCUT2D eigenvalue weighted by Gasteiger charge is 2.30. The highest BCUT2D eigenvalue weighted by atomic mass is 35.5. The summed E-state index contributed by atoms with van der Waals surface area (Å²) in [6, 6.07) is 32.8. The van der Waals surface area contributed by atoms with Crippen LogP contribution in [0.5, 0.6) is 11.5 Å². The minimum absolute atomic E-state index is 0.206. The molecule has 6 nitrogen and oxygen atoms in total. The molecule has 4 aromatic rings. The molecule has 1 N–H and O–H groups in total. The van der Waals surface area contributed by atoms with E-state index in [1.807, 2.05) is 84.9 Å². The zero-order chi connectivity index (χ0) is 27.5. The van der Waals surface area contributed by atoms with Gasteiger partial charge in [0, 0.05) is 30.1 Å². The molecular formula is C32H31ClN2O4. The molecule has 0 saturated heterocycles. The van der Waals surface area contributed by atoms with Crippen LogP contribution in [0.3, 0.4) is 0 Å². The van der Waals surface area contributed by atoms with E-state index in [4.69, 9.17) is 21.1 Å². The molecule has 0 aliphatic rings. The Morgan fingerprint density at radius 2 is 1.46 bits per heavy atom. The lowest BCUT2D eigenvalue weighted by molar-refractivity contribution is -0.142. The second kappa shape index (κ2) is 14.0. The van der Waals surface area contributed by atoms with Crippen LogP contribution in [-0.2, 0) is 29.1 Å². The first kappa shape index (κ1) is 27.7. The van der Waals surface area contributed by atoms with E-state index in [1.54, 1.807) is 36.3 Å². The lowest BCUT2D eigenvalue weighted by Gasteiger charge is -2.31. The molecule has 0 spiro atoms. The Balaban J connectivity index is 1.61. The van der Waals surface area contributed by atoms with Crippen molar-refractivity contribution < 1.29 is 19.1 Å². The maximum Gasteiger partial charge on any atom is 0.261 e. The molecule has 0 radical (unpaired) electrons. The fraction of sp³-hybridized carbons (Fsp3) is 0.188. The SMILES string of the molecule is COc1ccccc1CNC(=O)[C@@H](Cc1ccccc1)N(Cc1ccc(Cl)cc1)C(=O)COc1ccccc1. The molecular weight excluding hydrogens is 512 g/mol. The van der Waals surface area contributed by atoms with Gasteiger partial charge < -0.3 is 19.7 Å². The second-order valence-electron chi connectivity index (χ2n) is 8.99. The number of rotatable bonds is 12. The van der Waals surface area contributed by atoms with Crippen molar-refractivity contribution in [3.63, 3.8) is 0 Å². The summed E-state index contributed by atoms with van der Waals surface area (Å²) in [5.41, 5.74) is 2.63. The Morgan fingerprint density at radius 3 is 2.15 bits per heavy atom. The minimum atomic E-state index is -0.787. The number of carbonyl (C=O) groups is 2. The molecule has 2 amide bonds. The van der Waals surface area contributed by atoms with Crippen LogP contribution in [0.2, 0.25) is 5.02 Å². The van der Waals surface area contributed by atoms with Crippen LogP contribution in [0.15, 0.2) is 109 Å². The van der Waals surface area contributed by atoms with Gasteiger partial charge in [0.1, 0.15) is 17.5 Å². The number of hydrogen-bond donors (Lipinski definition) is 1. The first-order valence-electron chi connectivity index (χ1n) is 12.7. The molecule has 0 aliphatic carbocycles. The number of methoxy groups -OCH3 is 1. The summed E-state index contributed by atoms with van der Waals surface area (Å²) in [4.78, 5) is 29.0. The van der Waals surface area contributed by atoms with E-state index in [9.17, 15) is 9.59 Å². The van der Waals surface area contributed by atoms with Crippen LogP contribution >= 0.6 is 11.6 Å². The summed E-state index contributed by atoms with van der Waals surface area (Å²) in [5.74, 6) is 0.689. The van der Waals surface area contributed by atoms with Gasteiger partial charge in [0.25, 0.3) is 5.91 Å². The molecule has 4 aromatic carbocycles. The number of hydrogen-bond acceptors (Lipinski definition) is 4. The third-order valence-corrected chi connectivity index (χ3v) is 6.54. The molecule has 0 fully saturated rings. The highest BCUT2D eigenvalue weighted by molar-refractivity contribution is 6.30. The molecule has 7 heteroatoms. The van der Waals surface area contributed by atoms with Gasteiger partial charge in [-0.05, 0) is 41.5 Å². The molecule has 0 unspecified atom stereocenters. The predicted octanol–water partition coefficient (Wildman–Crippen LogP) is 5.68. The fourth-order valence-corrected chi connectivity index (χ4v) is 4.36. The van der Waals surface area contributed by atoms with Crippen LogP contribution < -0.4 is 14.8 Å².